The number of thiocarbonyl (C=S) groups is 1. The van der Waals surface area contributed by atoms with Crippen molar-refractivity contribution in [3.8, 4) is 11.1 Å². The zero-order valence-corrected chi connectivity index (χ0v) is 21.4. The lowest BCUT2D eigenvalue weighted by molar-refractivity contribution is -0.176. The molecule has 0 radical (unpaired) electrons. The summed E-state index contributed by atoms with van der Waals surface area (Å²) >= 11 is 5.29. The second kappa shape index (κ2) is 10.2. The van der Waals surface area contributed by atoms with E-state index in [0.717, 1.165) is 61.8 Å². The molecule has 2 aliphatic heterocycles. The van der Waals surface area contributed by atoms with Gasteiger partial charge in [-0.25, -0.2) is 0 Å². The zero-order valence-electron chi connectivity index (χ0n) is 20.6. The summed E-state index contributed by atoms with van der Waals surface area (Å²) in [5.74, 6) is -0.0875. The van der Waals surface area contributed by atoms with Gasteiger partial charge in [-0.1, -0.05) is 42.8 Å². The lowest BCUT2D eigenvalue weighted by atomic mass is 9.62. The van der Waals surface area contributed by atoms with Crippen molar-refractivity contribution in [2.24, 2.45) is 5.92 Å². The van der Waals surface area contributed by atoms with Gasteiger partial charge in [0.25, 0.3) is 0 Å². The van der Waals surface area contributed by atoms with Gasteiger partial charge < -0.3 is 14.8 Å². The zero-order chi connectivity index (χ0) is 25.2. The van der Waals surface area contributed by atoms with E-state index in [-0.39, 0.29) is 28.8 Å². The molecule has 0 unspecified atom stereocenters. The molecule has 2 aliphatic carbocycles. The monoisotopic (exact) mass is 507 g/mol. The first-order valence-corrected chi connectivity index (χ1v) is 13.1. The molecule has 0 spiro atoms. The molecule has 1 amide bonds. The second-order valence-corrected chi connectivity index (χ2v) is 10.8. The standard InChI is InChI=1S/C28H33N3O4S/c1-34-24(32)17-28-15-13-27(14-16-28,18-35-28)22-9-5-19(6-10-22)20-7-11-23(12-8-20)29-26(36)31-30-25(33)21-3-2-4-21/h5-12,21H,2-4,13-18H2,1H3,(H,30,33)(H2,29,31,36). The Kier molecular flexibility index (Phi) is 6.99. The number of carbonyl (C=O) groups excluding carboxylic acids is 2. The Morgan fingerprint density at radius 2 is 1.61 bits per heavy atom. The van der Waals surface area contributed by atoms with E-state index >= 15 is 0 Å². The third-order valence-corrected chi connectivity index (χ3v) is 8.42. The van der Waals surface area contributed by atoms with Crippen LogP contribution in [0.1, 0.15) is 56.9 Å². The van der Waals surface area contributed by atoms with E-state index in [1.54, 1.807) is 0 Å². The van der Waals surface area contributed by atoms with Crippen LogP contribution in [0.3, 0.4) is 0 Å². The Morgan fingerprint density at radius 1 is 0.972 bits per heavy atom. The lowest BCUT2D eigenvalue weighted by Crippen LogP contribution is -2.54. The number of hydrogen-bond donors (Lipinski definition) is 3. The summed E-state index contributed by atoms with van der Waals surface area (Å²) in [4.78, 5) is 23.7. The van der Waals surface area contributed by atoms with Crippen molar-refractivity contribution in [3.63, 3.8) is 0 Å². The van der Waals surface area contributed by atoms with Gasteiger partial charge in [0, 0.05) is 17.0 Å². The molecule has 2 saturated heterocycles. The molecular formula is C28H33N3O4S. The van der Waals surface area contributed by atoms with Crippen molar-refractivity contribution in [1.82, 2.24) is 10.9 Å². The van der Waals surface area contributed by atoms with Gasteiger partial charge in [-0.3, -0.25) is 20.4 Å². The van der Waals surface area contributed by atoms with Gasteiger partial charge in [0.2, 0.25) is 5.91 Å². The summed E-state index contributed by atoms with van der Waals surface area (Å²) in [5.41, 5.74) is 9.55. The van der Waals surface area contributed by atoms with Crippen LogP contribution in [0.4, 0.5) is 5.69 Å². The molecule has 2 saturated carbocycles. The smallest absolute Gasteiger partial charge is 0.308 e. The number of ether oxygens (including phenoxy) is 2. The number of amides is 1. The van der Waals surface area contributed by atoms with Crippen LogP contribution < -0.4 is 16.2 Å². The Hall–Kier alpha value is -2.97. The van der Waals surface area contributed by atoms with Crippen LogP contribution in [0.25, 0.3) is 11.1 Å². The fraction of sp³-hybridized carbons (Fsp3) is 0.464. The Morgan fingerprint density at radius 3 is 2.14 bits per heavy atom. The molecule has 4 aliphatic rings. The highest BCUT2D eigenvalue weighted by molar-refractivity contribution is 7.80. The van der Waals surface area contributed by atoms with Crippen molar-refractivity contribution in [2.45, 2.75) is 62.4 Å². The summed E-state index contributed by atoms with van der Waals surface area (Å²) in [6.07, 6.45) is 7.19. The average molecular weight is 508 g/mol. The molecule has 2 aromatic rings. The molecule has 0 aromatic heterocycles. The SMILES string of the molecule is COC(=O)CC12CCC(c3ccc(-c4ccc(NC(=S)NNC(=O)C5CCC5)cc4)cc3)(CC1)CO2. The highest BCUT2D eigenvalue weighted by Crippen LogP contribution is 2.51. The molecule has 2 bridgehead atoms. The predicted octanol–water partition coefficient (Wildman–Crippen LogP) is 4.62. The van der Waals surface area contributed by atoms with Crippen molar-refractivity contribution in [1.29, 1.82) is 0 Å². The van der Waals surface area contributed by atoms with Crippen LogP contribution in [0, 0.1) is 5.92 Å². The molecule has 3 N–H and O–H groups in total. The fourth-order valence-electron chi connectivity index (χ4n) is 5.51. The Balaban J connectivity index is 1.16. The molecule has 8 heteroatoms. The van der Waals surface area contributed by atoms with E-state index in [1.165, 1.54) is 12.7 Å². The van der Waals surface area contributed by atoms with Gasteiger partial charge in [0.05, 0.1) is 25.7 Å². The molecule has 2 heterocycles. The molecule has 7 nitrogen and oxygen atoms in total. The summed E-state index contributed by atoms with van der Waals surface area (Å²) in [7, 11) is 1.44. The number of benzene rings is 2. The minimum Gasteiger partial charge on any atom is -0.469 e. The maximum Gasteiger partial charge on any atom is 0.308 e. The molecule has 190 valence electrons. The minimum absolute atomic E-state index is 0.00253. The van der Waals surface area contributed by atoms with Crippen LogP contribution >= 0.6 is 12.2 Å². The molecule has 6 rings (SSSR count). The van der Waals surface area contributed by atoms with Crippen LogP contribution in [-0.2, 0) is 24.5 Å². The van der Waals surface area contributed by atoms with Crippen LogP contribution in [0.15, 0.2) is 48.5 Å². The van der Waals surface area contributed by atoms with E-state index in [9.17, 15) is 9.59 Å². The number of hydrazine groups is 1. The number of carbonyl (C=O) groups is 2. The first kappa shape index (κ1) is 24.7. The maximum atomic E-state index is 11.9. The van der Waals surface area contributed by atoms with Gasteiger partial charge >= 0.3 is 5.97 Å². The van der Waals surface area contributed by atoms with Gasteiger partial charge in [-0.05, 0) is 79.6 Å². The van der Waals surface area contributed by atoms with Gasteiger partial charge in [-0.2, -0.15) is 0 Å². The average Bonchev–Trinajstić information content (AvgIpc) is 2.88. The summed E-state index contributed by atoms with van der Waals surface area (Å²) < 4.78 is 11.1. The normalized spacial score (nSPS) is 24.9. The third kappa shape index (κ3) is 5.11. The Bertz CT molecular complexity index is 1100. The lowest BCUT2D eigenvalue weighted by Gasteiger charge is -2.53. The van der Waals surface area contributed by atoms with Gasteiger partial charge in [-0.15, -0.1) is 0 Å². The van der Waals surface area contributed by atoms with Crippen LogP contribution in [0.2, 0.25) is 0 Å². The third-order valence-electron chi connectivity index (χ3n) is 8.22. The van der Waals surface area contributed by atoms with E-state index in [2.05, 4.69) is 52.6 Å². The Labute approximate surface area is 217 Å². The molecule has 36 heavy (non-hydrogen) atoms. The first-order chi connectivity index (χ1) is 17.4. The first-order valence-electron chi connectivity index (χ1n) is 12.7. The predicted molar refractivity (Wildman–Crippen MR) is 142 cm³/mol. The maximum absolute atomic E-state index is 11.9. The largest absolute Gasteiger partial charge is 0.469 e. The van der Waals surface area contributed by atoms with Crippen molar-refractivity contribution >= 4 is 34.9 Å². The number of esters is 1. The van der Waals surface area contributed by atoms with Crippen molar-refractivity contribution in [3.05, 3.63) is 54.1 Å². The minimum atomic E-state index is -0.343. The summed E-state index contributed by atoms with van der Waals surface area (Å²) in [6, 6.07) is 16.8. The van der Waals surface area contributed by atoms with Crippen LogP contribution in [0.5, 0.6) is 0 Å². The molecular weight excluding hydrogens is 474 g/mol. The highest BCUT2D eigenvalue weighted by Gasteiger charge is 2.51. The molecule has 4 fully saturated rings. The van der Waals surface area contributed by atoms with Crippen molar-refractivity contribution in [2.75, 3.05) is 19.0 Å². The molecule has 0 atom stereocenters. The quantitative estimate of drug-likeness (QED) is 0.299. The number of methoxy groups -OCH3 is 1. The van der Waals surface area contributed by atoms with E-state index in [1.807, 2.05) is 12.1 Å². The topological polar surface area (TPSA) is 88.7 Å². The van der Waals surface area contributed by atoms with E-state index in [0.29, 0.717) is 18.1 Å². The summed E-state index contributed by atoms with van der Waals surface area (Å²) in [5, 5.41) is 3.46. The molecule has 2 aromatic carbocycles. The fourth-order valence-corrected chi connectivity index (χ4v) is 5.68. The second-order valence-electron chi connectivity index (χ2n) is 10.4. The number of anilines is 1. The highest BCUT2D eigenvalue weighted by atomic mass is 32.1. The summed E-state index contributed by atoms with van der Waals surface area (Å²) in [6.45, 7) is 0.652. The van der Waals surface area contributed by atoms with E-state index < -0.39 is 0 Å². The van der Waals surface area contributed by atoms with Gasteiger partial charge in [0.1, 0.15) is 0 Å². The van der Waals surface area contributed by atoms with Gasteiger partial charge in [0.15, 0.2) is 5.11 Å². The number of fused-ring (bicyclic) bond motifs is 3. The number of hydrogen-bond acceptors (Lipinski definition) is 5. The van der Waals surface area contributed by atoms with Crippen LogP contribution in [-0.4, -0.2) is 36.3 Å². The van der Waals surface area contributed by atoms with Crippen molar-refractivity contribution < 1.29 is 19.1 Å². The van der Waals surface area contributed by atoms with E-state index in [4.69, 9.17) is 21.7 Å². The number of nitrogens with one attached hydrogen (secondary N) is 3. The number of rotatable bonds is 6.